The second kappa shape index (κ2) is 8.54. The molecule has 4 heteroatoms. The van der Waals surface area contributed by atoms with Gasteiger partial charge in [0, 0.05) is 25.0 Å². The van der Waals surface area contributed by atoms with Crippen LogP contribution in [-0.4, -0.2) is 23.9 Å². The van der Waals surface area contributed by atoms with E-state index in [0.29, 0.717) is 0 Å². The maximum absolute atomic E-state index is 12.6. The molecular formula is C20H27N3O. The third-order valence-electron chi connectivity index (χ3n) is 4.73. The minimum absolute atomic E-state index is 0.178. The predicted molar refractivity (Wildman–Crippen MR) is 97.5 cm³/mol. The van der Waals surface area contributed by atoms with Crippen LogP contribution in [0, 0.1) is 17.2 Å². The highest BCUT2D eigenvalue weighted by atomic mass is 16.1. The van der Waals surface area contributed by atoms with E-state index in [9.17, 15) is 10.1 Å². The van der Waals surface area contributed by atoms with Crippen molar-refractivity contribution in [2.75, 3.05) is 18.4 Å². The quantitative estimate of drug-likeness (QED) is 0.660. The number of nitriles is 1. The van der Waals surface area contributed by atoms with Gasteiger partial charge in [-0.2, -0.15) is 5.26 Å². The van der Waals surface area contributed by atoms with Gasteiger partial charge in [-0.15, -0.1) is 0 Å². The Morgan fingerprint density at radius 1 is 1.29 bits per heavy atom. The van der Waals surface area contributed by atoms with E-state index in [1.165, 1.54) is 0 Å². The summed E-state index contributed by atoms with van der Waals surface area (Å²) in [6.45, 7) is 8.20. The topological polar surface area (TPSA) is 56.1 Å². The molecule has 1 aromatic rings. The molecule has 24 heavy (non-hydrogen) atoms. The molecule has 1 aliphatic rings. The number of hydrogen-bond donors (Lipinski definition) is 1. The fourth-order valence-corrected chi connectivity index (χ4v) is 3.06. The van der Waals surface area contributed by atoms with Gasteiger partial charge >= 0.3 is 0 Å². The van der Waals surface area contributed by atoms with Crippen LogP contribution in [0.4, 0.5) is 5.69 Å². The average Bonchev–Trinajstić information content (AvgIpc) is 2.61. The first-order valence-electron chi connectivity index (χ1n) is 8.87. The molecule has 1 fully saturated rings. The van der Waals surface area contributed by atoms with Crippen molar-refractivity contribution in [2.45, 2.75) is 46.5 Å². The molecule has 0 unspecified atom stereocenters. The Labute approximate surface area is 145 Å². The molecule has 1 N–H and O–H groups in total. The molecule has 0 atom stereocenters. The smallest absolute Gasteiger partial charge is 0.267 e. The maximum atomic E-state index is 12.6. The van der Waals surface area contributed by atoms with E-state index in [-0.39, 0.29) is 11.5 Å². The zero-order valence-corrected chi connectivity index (χ0v) is 14.9. The zero-order chi connectivity index (χ0) is 17.5. The van der Waals surface area contributed by atoms with Crippen LogP contribution in [0.3, 0.4) is 0 Å². The Morgan fingerprint density at radius 3 is 2.38 bits per heavy atom. The number of para-hydroxylation sites is 1. The summed E-state index contributed by atoms with van der Waals surface area (Å²) in [4.78, 5) is 14.7. The summed E-state index contributed by atoms with van der Waals surface area (Å²) in [5.74, 6) is 0.407. The Hall–Kier alpha value is -2.28. The molecule has 1 aromatic carbocycles. The first-order valence-corrected chi connectivity index (χ1v) is 8.87. The van der Waals surface area contributed by atoms with E-state index in [1.807, 2.05) is 18.2 Å². The zero-order valence-electron chi connectivity index (χ0n) is 14.9. The highest BCUT2D eigenvalue weighted by molar-refractivity contribution is 6.07. The number of likely N-dealkylation sites (tertiary alicyclic amines) is 1. The number of carbonyl (C=O) groups excluding carboxylic acids is 1. The Bertz CT molecular complexity index is 627. The largest absolute Gasteiger partial charge is 0.376 e. The summed E-state index contributed by atoms with van der Waals surface area (Å²) in [7, 11) is 0. The van der Waals surface area contributed by atoms with Gasteiger partial charge in [-0.05, 0) is 42.7 Å². The van der Waals surface area contributed by atoms with Crippen molar-refractivity contribution in [3.63, 3.8) is 0 Å². The number of nitrogens with zero attached hydrogens (tertiary/aromatic N) is 2. The van der Waals surface area contributed by atoms with Crippen LogP contribution in [0.2, 0.25) is 0 Å². The molecule has 2 rings (SSSR count). The molecule has 4 nitrogen and oxygen atoms in total. The van der Waals surface area contributed by atoms with E-state index < -0.39 is 0 Å². The second-order valence-electron chi connectivity index (χ2n) is 6.49. The monoisotopic (exact) mass is 325 g/mol. The van der Waals surface area contributed by atoms with Crippen LogP contribution in [-0.2, 0) is 17.6 Å². The average molecular weight is 325 g/mol. The van der Waals surface area contributed by atoms with E-state index >= 15 is 0 Å². The summed E-state index contributed by atoms with van der Waals surface area (Å²) in [6, 6.07) is 8.13. The van der Waals surface area contributed by atoms with Crippen LogP contribution in [0.5, 0.6) is 0 Å². The fourth-order valence-electron chi connectivity index (χ4n) is 3.06. The Balaban J connectivity index is 2.17. The molecular weight excluding hydrogens is 298 g/mol. The van der Waals surface area contributed by atoms with E-state index in [1.54, 1.807) is 6.20 Å². The van der Waals surface area contributed by atoms with Gasteiger partial charge in [0.05, 0.1) is 0 Å². The molecule has 0 radical (unpaired) electrons. The first-order chi connectivity index (χ1) is 11.6. The number of benzene rings is 1. The van der Waals surface area contributed by atoms with Crippen LogP contribution in [0.25, 0.3) is 0 Å². The van der Waals surface area contributed by atoms with Crippen molar-refractivity contribution < 1.29 is 4.79 Å². The lowest BCUT2D eigenvalue weighted by Gasteiger charge is -2.29. The van der Waals surface area contributed by atoms with Gasteiger partial charge in [-0.3, -0.25) is 4.79 Å². The van der Waals surface area contributed by atoms with Crippen LogP contribution < -0.4 is 5.32 Å². The number of carbonyl (C=O) groups is 1. The normalized spacial score (nSPS) is 15.9. The molecule has 1 heterocycles. The number of aryl methyl sites for hydroxylation is 2. The lowest BCUT2D eigenvalue weighted by atomic mass is 9.99. The van der Waals surface area contributed by atoms with E-state index in [0.717, 1.165) is 61.5 Å². The van der Waals surface area contributed by atoms with E-state index in [2.05, 4.69) is 37.1 Å². The predicted octanol–water partition coefficient (Wildman–Crippen LogP) is 3.89. The molecule has 1 amide bonds. The summed E-state index contributed by atoms with van der Waals surface area (Å²) in [5.41, 5.74) is 3.25. The van der Waals surface area contributed by atoms with Gasteiger partial charge in [-0.1, -0.05) is 39.0 Å². The lowest BCUT2D eigenvalue weighted by Crippen LogP contribution is -2.30. The lowest BCUT2D eigenvalue weighted by molar-refractivity contribution is -0.112. The molecule has 0 spiro atoms. The summed E-state index contributed by atoms with van der Waals surface area (Å²) in [6.07, 6.45) is 5.63. The minimum atomic E-state index is -0.313. The van der Waals surface area contributed by atoms with Crippen molar-refractivity contribution in [3.05, 3.63) is 41.1 Å². The third kappa shape index (κ3) is 4.38. The Kier molecular flexibility index (Phi) is 6.43. The van der Waals surface area contributed by atoms with Crippen molar-refractivity contribution >= 4 is 11.6 Å². The van der Waals surface area contributed by atoms with Gasteiger partial charge in [0.2, 0.25) is 0 Å². The van der Waals surface area contributed by atoms with Crippen LogP contribution >= 0.6 is 0 Å². The summed E-state index contributed by atoms with van der Waals surface area (Å²) >= 11 is 0. The number of piperidine rings is 1. The number of anilines is 1. The molecule has 1 saturated heterocycles. The van der Waals surface area contributed by atoms with Gasteiger partial charge < -0.3 is 10.2 Å². The number of amides is 1. The van der Waals surface area contributed by atoms with Crippen LogP contribution in [0.1, 0.15) is 44.7 Å². The van der Waals surface area contributed by atoms with Crippen molar-refractivity contribution in [3.8, 4) is 6.07 Å². The third-order valence-corrected chi connectivity index (χ3v) is 4.73. The Morgan fingerprint density at radius 2 is 1.88 bits per heavy atom. The second-order valence-corrected chi connectivity index (χ2v) is 6.49. The molecule has 0 aromatic heterocycles. The minimum Gasteiger partial charge on any atom is -0.376 e. The molecule has 1 aliphatic heterocycles. The highest BCUT2D eigenvalue weighted by Crippen LogP contribution is 2.23. The fraction of sp³-hybridized carbons (Fsp3) is 0.500. The van der Waals surface area contributed by atoms with Gasteiger partial charge in [0.25, 0.3) is 5.91 Å². The highest BCUT2D eigenvalue weighted by Gasteiger charge is 2.18. The number of rotatable bonds is 5. The summed E-state index contributed by atoms with van der Waals surface area (Å²) < 4.78 is 0. The van der Waals surface area contributed by atoms with E-state index in [4.69, 9.17) is 0 Å². The van der Waals surface area contributed by atoms with Crippen molar-refractivity contribution in [1.82, 2.24) is 4.90 Å². The maximum Gasteiger partial charge on any atom is 0.267 e. The van der Waals surface area contributed by atoms with Gasteiger partial charge in [0.1, 0.15) is 11.6 Å². The molecule has 128 valence electrons. The summed E-state index contributed by atoms with van der Waals surface area (Å²) in [5, 5.41) is 12.4. The number of nitrogens with one attached hydrogen (secondary N) is 1. The van der Waals surface area contributed by atoms with Crippen molar-refractivity contribution in [2.24, 2.45) is 5.92 Å². The standard InChI is InChI=1S/C20H27N3O/c1-4-16-7-6-8-17(5-2)19(16)22-20(24)18(13-21)14-23-11-9-15(3)10-12-23/h6-8,14-15H,4-5,9-12H2,1-3H3,(H,22,24)/b18-14-. The first kappa shape index (κ1) is 18.1. The molecule has 0 saturated carbocycles. The van der Waals surface area contributed by atoms with Gasteiger partial charge in [0.15, 0.2) is 0 Å². The van der Waals surface area contributed by atoms with Crippen molar-refractivity contribution in [1.29, 1.82) is 5.26 Å². The molecule has 0 aliphatic carbocycles. The van der Waals surface area contributed by atoms with Gasteiger partial charge in [-0.25, -0.2) is 0 Å². The SMILES string of the molecule is CCc1cccc(CC)c1NC(=O)/C(C#N)=C\N1CCC(C)CC1. The van der Waals surface area contributed by atoms with Crippen LogP contribution in [0.15, 0.2) is 30.0 Å². The number of hydrogen-bond acceptors (Lipinski definition) is 3. The molecule has 0 bridgehead atoms.